The molecule has 1 saturated heterocycles. The minimum atomic E-state index is -0.250. The molecule has 0 atom stereocenters. The number of nitrogens with zero attached hydrogens (tertiary/aromatic N) is 7. The summed E-state index contributed by atoms with van der Waals surface area (Å²) in [6, 6.07) is 8.96. The van der Waals surface area contributed by atoms with Crippen LogP contribution in [0.5, 0.6) is 0 Å². The van der Waals surface area contributed by atoms with E-state index in [0.717, 1.165) is 46.2 Å². The van der Waals surface area contributed by atoms with Gasteiger partial charge in [-0.2, -0.15) is 9.49 Å². The summed E-state index contributed by atoms with van der Waals surface area (Å²) in [4.78, 5) is 29.1. The number of thiophene rings is 1. The molecule has 0 aromatic carbocycles. The van der Waals surface area contributed by atoms with Gasteiger partial charge in [-0.3, -0.25) is 10.1 Å². The lowest BCUT2D eigenvalue weighted by Gasteiger charge is -2.37. The molecule has 6 aromatic rings. The molecule has 7 rings (SSSR count). The van der Waals surface area contributed by atoms with Crippen molar-refractivity contribution in [3.05, 3.63) is 54.1 Å². The monoisotopic (exact) mass is 484 g/mol. The number of aromatic nitrogens is 8. The number of anilines is 1. The van der Waals surface area contributed by atoms with Crippen molar-refractivity contribution in [1.29, 1.82) is 0 Å². The van der Waals surface area contributed by atoms with E-state index < -0.39 is 0 Å². The van der Waals surface area contributed by atoms with Gasteiger partial charge in [-0.1, -0.05) is 0 Å². The van der Waals surface area contributed by atoms with Crippen LogP contribution in [-0.4, -0.2) is 59.2 Å². The SMILES string of the molecule is NC1CN(c2cncc(-c3ccc4[nH]nc(-c5nc6c(-c7ccc(F)s7)ccnc6[nH]5)c4n3)n2)C1. The lowest BCUT2D eigenvalue weighted by atomic mass is 10.1. The van der Waals surface area contributed by atoms with Crippen LogP contribution in [-0.2, 0) is 0 Å². The van der Waals surface area contributed by atoms with Crippen LogP contribution >= 0.6 is 11.3 Å². The minimum Gasteiger partial charge on any atom is -0.352 e. The van der Waals surface area contributed by atoms with Gasteiger partial charge in [-0.25, -0.2) is 19.9 Å². The number of fused-ring (bicyclic) bond motifs is 2. The number of hydrogen-bond acceptors (Lipinski definition) is 9. The zero-order valence-electron chi connectivity index (χ0n) is 18.1. The zero-order valence-corrected chi connectivity index (χ0v) is 18.9. The molecule has 4 N–H and O–H groups in total. The number of imidazole rings is 1. The first-order chi connectivity index (χ1) is 17.1. The summed E-state index contributed by atoms with van der Waals surface area (Å²) < 4.78 is 13.6. The van der Waals surface area contributed by atoms with Crippen LogP contribution < -0.4 is 10.6 Å². The minimum absolute atomic E-state index is 0.168. The maximum atomic E-state index is 13.6. The Bertz CT molecular complexity index is 1710. The van der Waals surface area contributed by atoms with Crippen LogP contribution in [0.2, 0.25) is 0 Å². The van der Waals surface area contributed by atoms with Crippen molar-refractivity contribution < 1.29 is 4.39 Å². The van der Waals surface area contributed by atoms with Gasteiger partial charge in [0.25, 0.3) is 0 Å². The normalized spacial score (nSPS) is 14.2. The van der Waals surface area contributed by atoms with E-state index in [1.807, 2.05) is 18.2 Å². The van der Waals surface area contributed by atoms with Crippen molar-refractivity contribution in [1.82, 2.24) is 40.1 Å². The van der Waals surface area contributed by atoms with Gasteiger partial charge in [0.2, 0.25) is 0 Å². The molecular formula is C23H17FN10S. The topological polar surface area (TPSA) is 138 Å². The molecule has 6 aromatic heterocycles. The van der Waals surface area contributed by atoms with Crippen molar-refractivity contribution >= 4 is 39.4 Å². The lowest BCUT2D eigenvalue weighted by Crippen LogP contribution is -2.56. The van der Waals surface area contributed by atoms with Crippen LogP contribution in [0.25, 0.3) is 55.5 Å². The highest BCUT2D eigenvalue weighted by atomic mass is 32.1. The van der Waals surface area contributed by atoms with Crippen molar-refractivity contribution in [2.45, 2.75) is 6.04 Å². The molecule has 0 unspecified atom stereocenters. The third-order valence-corrected chi connectivity index (χ3v) is 6.88. The van der Waals surface area contributed by atoms with E-state index >= 15 is 0 Å². The number of rotatable bonds is 4. The summed E-state index contributed by atoms with van der Waals surface area (Å²) >= 11 is 1.07. The van der Waals surface area contributed by atoms with Gasteiger partial charge in [-0.15, -0.1) is 11.3 Å². The fraction of sp³-hybridized carbons (Fsp3) is 0.130. The van der Waals surface area contributed by atoms with E-state index in [0.29, 0.717) is 39.6 Å². The quantitative estimate of drug-likeness (QED) is 0.346. The summed E-state index contributed by atoms with van der Waals surface area (Å²) in [5, 5.41) is 7.22. The zero-order chi connectivity index (χ0) is 23.5. The van der Waals surface area contributed by atoms with Crippen LogP contribution in [0.4, 0.5) is 10.2 Å². The highest BCUT2D eigenvalue weighted by Gasteiger charge is 2.25. The van der Waals surface area contributed by atoms with Crippen molar-refractivity contribution in [2.24, 2.45) is 5.73 Å². The molecule has 0 spiro atoms. The first kappa shape index (κ1) is 20.1. The predicted molar refractivity (Wildman–Crippen MR) is 131 cm³/mol. The highest BCUT2D eigenvalue weighted by Crippen LogP contribution is 2.33. The molecule has 172 valence electrons. The van der Waals surface area contributed by atoms with Gasteiger partial charge in [0, 0.05) is 35.8 Å². The number of aromatic amines is 2. The van der Waals surface area contributed by atoms with E-state index in [1.54, 1.807) is 24.7 Å². The van der Waals surface area contributed by atoms with Gasteiger partial charge in [0.1, 0.15) is 22.5 Å². The first-order valence-electron chi connectivity index (χ1n) is 10.9. The molecule has 0 aliphatic carbocycles. The Labute approximate surface area is 201 Å². The summed E-state index contributed by atoms with van der Waals surface area (Å²) in [5.74, 6) is 1.29. The average Bonchev–Trinajstić information content (AvgIpc) is 3.59. The predicted octanol–water partition coefficient (Wildman–Crippen LogP) is 3.37. The fourth-order valence-corrected chi connectivity index (χ4v) is 4.98. The van der Waals surface area contributed by atoms with Crippen molar-refractivity contribution in [3.63, 3.8) is 0 Å². The molecule has 0 amide bonds. The second-order valence-corrected chi connectivity index (χ2v) is 9.37. The molecule has 7 heterocycles. The van der Waals surface area contributed by atoms with Gasteiger partial charge in [-0.05, 0) is 30.3 Å². The Balaban J connectivity index is 1.31. The smallest absolute Gasteiger partial charge is 0.176 e. The van der Waals surface area contributed by atoms with E-state index in [4.69, 9.17) is 20.7 Å². The van der Waals surface area contributed by atoms with Gasteiger partial charge in [0.05, 0.1) is 23.6 Å². The van der Waals surface area contributed by atoms with E-state index in [-0.39, 0.29) is 11.2 Å². The summed E-state index contributed by atoms with van der Waals surface area (Å²) in [7, 11) is 0. The van der Waals surface area contributed by atoms with E-state index in [2.05, 4.69) is 30.0 Å². The van der Waals surface area contributed by atoms with Crippen molar-refractivity contribution in [3.8, 4) is 33.3 Å². The third-order valence-electron chi connectivity index (χ3n) is 5.97. The van der Waals surface area contributed by atoms with Crippen LogP contribution in [0, 0.1) is 5.13 Å². The Morgan fingerprint density at radius 1 is 1.00 bits per heavy atom. The maximum Gasteiger partial charge on any atom is 0.176 e. The fourth-order valence-electron chi connectivity index (χ4n) is 4.22. The second kappa shape index (κ2) is 7.61. The molecule has 0 bridgehead atoms. The summed E-state index contributed by atoms with van der Waals surface area (Å²) in [5.41, 5.74) is 11.2. The molecular weight excluding hydrogens is 467 g/mol. The number of nitrogens with two attached hydrogens (primary N) is 1. The number of nitrogens with one attached hydrogen (secondary N) is 2. The number of H-pyrrole nitrogens is 2. The van der Waals surface area contributed by atoms with Crippen LogP contribution in [0.15, 0.2) is 48.9 Å². The molecule has 1 aliphatic rings. The first-order valence-corrected chi connectivity index (χ1v) is 11.7. The number of pyridine rings is 2. The molecule has 1 fully saturated rings. The third kappa shape index (κ3) is 3.33. The largest absolute Gasteiger partial charge is 0.352 e. The molecule has 0 saturated carbocycles. The molecule has 10 nitrogen and oxygen atoms in total. The Kier molecular flexibility index (Phi) is 4.38. The van der Waals surface area contributed by atoms with E-state index in [1.165, 1.54) is 6.07 Å². The Hall–Kier alpha value is -4.29. The van der Waals surface area contributed by atoms with Crippen molar-refractivity contribution in [2.75, 3.05) is 18.0 Å². The second-order valence-electron chi connectivity index (χ2n) is 8.34. The molecule has 12 heteroatoms. The lowest BCUT2D eigenvalue weighted by molar-refractivity contribution is 0.514. The van der Waals surface area contributed by atoms with Gasteiger partial charge >= 0.3 is 0 Å². The standard InChI is InChI=1S/C23H17FN10S/c24-17-4-3-16(35-17)12-5-6-27-22-19(12)30-23(31-22)21-20-14(32-33-21)2-1-13(29-20)15-7-26-8-18(28-15)34-9-11(25)10-34/h1-8,11H,9-10,25H2,(H,32,33)(H,27,30,31). The molecule has 0 radical (unpaired) electrons. The highest BCUT2D eigenvalue weighted by molar-refractivity contribution is 7.14. The van der Waals surface area contributed by atoms with Crippen LogP contribution in [0.3, 0.4) is 0 Å². The van der Waals surface area contributed by atoms with Gasteiger partial charge < -0.3 is 15.6 Å². The molecule has 35 heavy (non-hydrogen) atoms. The summed E-state index contributed by atoms with van der Waals surface area (Å²) in [6.45, 7) is 1.52. The summed E-state index contributed by atoms with van der Waals surface area (Å²) in [6.07, 6.45) is 5.09. The Morgan fingerprint density at radius 3 is 2.74 bits per heavy atom. The number of halogens is 1. The van der Waals surface area contributed by atoms with E-state index in [9.17, 15) is 4.39 Å². The average molecular weight is 485 g/mol. The molecule has 1 aliphatic heterocycles. The number of hydrogen-bond donors (Lipinski definition) is 3. The Morgan fingerprint density at radius 2 is 1.91 bits per heavy atom. The van der Waals surface area contributed by atoms with Crippen LogP contribution in [0.1, 0.15) is 0 Å². The maximum absolute atomic E-state index is 13.6. The van der Waals surface area contributed by atoms with Gasteiger partial charge in [0.15, 0.2) is 22.3 Å².